The van der Waals surface area contributed by atoms with E-state index in [9.17, 15) is 4.79 Å². The standard InChI is InChI=1S/C18H24N2OS/c1-2-19-18(21)20-12-6-3-7-13-22-17-11-10-15-8-4-5-9-16(15)14-17/h4-5,8-11,14H,2-3,6-7,12-13H2,1H3,(H2,19,20,21). The molecule has 2 rings (SSSR count). The van der Waals surface area contributed by atoms with E-state index in [1.807, 2.05) is 18.7 Å². The summed E-state index contributed by atoms with van der Waals surface area (Å²) in [4.78, 5) is 12.5. The summed E-state index contributed by atoms with van der Waals surface area (Å²) in [6.45, 7) is 3.35. The van der Waals surface area contributed by atoms with E-state index >= 15 is 0 Å². The highest BCUT2D eigenvalue weighted by Crippen LogP contribution is 2.24. The zero-order valence-electron chi connectivity index (χ0n) is 13.1. The molecule has 2 amide bonds. The Bertz CT molecular complexity index is 600. The SMILES string of the molecule is CCNC(=O)NCCCCCSc1ccc2ccccc2c1. The third-order valence-electron chi connectivity index (χ3n) is 3.43. The van der Waals surface area contributed by atoms with Gasteiger partial charge in [0.1, 0.15) is 0 Å². The van der Waals surface area contributed by atoms with Gasteiger partial charge in [-0.2, -0.15) is 0 Å². The van der Waals surface area contributed by atoms with Gasteiger partial charge >= 0.3 is 6.03 Å². The fourth-order valence-electron chi connectivity index (χ4n) is 2.28. The molecule has 118 valence electrons. The van der Waals surface area contributed by atoms with Gasteiger partial charge in [0.25, 0.3) is 0 Å². The number of thioether (sulfide) groups is 1. The maximum Gasteiger partial charge on any atom is 0.314 e. The van der Waals surface area contributed by atoms with Gasteiger partial charge in [0.05, 0.1) is 0 Å². The molecular weight excluding hydrogens is 292 g/mol. The number of hydrogen-bond acceptors (Lipinski definition) is 2. The van der Waals surface area contributed by atoms with Gasteiger partial charge in [0.2, 0.25) is 0 Å². The van der Waals surface area contributed by atoms with E-state index in [2.05, 4.69) is 53.1 Å². The molecule has 0 atom stereocenters. The lowest BCUT2D eigenvalue weighted by Gasteiger charge is -2.06. The molecule has 0 aliphatic rings. The van der Waals surface area contributed by atoms with E-state index in [4.69, 9.17) is 0 Å². The number of nitrogens with one attached hydrogen (secondary N) is 2. The van der Waals surface area contributed by atoms with Crippen LogP contribution in [0.2, 0.25) is 0 Å². The van der Waals surface area contributed by atoms with Crippen molar-refractivity contribution in [1.82, 2.24) is 10.6 Å². The summed E-state index contributed by atoms with van der Waals surface area (Å²) in [5, 5.41) is 8.18. The van der Waals surface area contributed by atoms with Crippen LogP contribution < -0.4 is 10.6 Å². The van der Waals surface area contributed by atoms with Crippen LogP contribution in [-0.2, 0) is 0 Å². The predicted molar refractivity (Wildman–Crippen MR) is 95.6 cm³/mol. The van der Waals surface area contributed by atoms with Crippen LogP contribution in [0.4, 0.5) is 4.79 Å². The number of carbonyl (C=O) groups is 1. The second-order valence-corrected chi connectivity index (χ2v) is 6.37. The minimum absolute atomic E-state index is 0.0620. The van der Waals surface area contributed by atoms with Crippen molar-refractivity contribution < 1.29 is 4.79 Å². The molecule has 3 nitrogen and oxygen atoms in total. The Morgan fingerprint density at radius 2 is 1.82 bits per heavy atom. The van der Waals surface area contributed by atoms with Gasteiger partial charge < -0.3 is 10.6 Å². The van der Waals surface area contributed by atoms with Gasteiger partial charge in [-0.05, 0) is 48.4 Å². The van der Waals surface area contributed by atoms with Gasteiger partial charge in [-0.1, -0.05) is 36.8 Å². The number of carbonyl (C=O) groups excluding carboxylic acids is 1. The van der Waals surface area contributed by atoms with Crippen LogP contribution in [0.5, 0.6) is 0 Å². The first-order chi connectivity index (χ1) is 10.8. The van der Waals surface area contributed by atoms with Crippen molar-refractivity contribution in [2.45, 2.75) is 31.1 Å². The van der Waals surface area contributed by atoms with E-state index < -0.39 is 0 Å². The van der Waals surface area contributed by atoms with E-state index in [1.165, 1.54) is 22.1 Å². The van der Waals surface area contributed by atoms with Gasteiger partial charge in [0, 0.05) is 18.0 Å². The molecule has 0 saturated heterocycles. The molecule has 2 N–H and O–H groups in total. The highest BCUT2D eigenvalue weighted by Gasteiger charge is 1.99. The van der Waals surface area contributed by atoms with Gasteiger partial charge in [0.15, 0.2) is 0 Å². The van der Waals surface area contributed by atoms with Crippen molar-refractivity contribution >= 4 is 28.6 Å². The molecule has 0 saturated carbocycles. The maximum absolute atomic E-state index is 11.2. The molecule has 0 spiro atoms. The van der Waals surface area contributed by atoms with Gasteiger partial charge in [-0.3, -0.25) is 0 Å². The Morgan fingerprint density at radius 3 is 2.64 bits per heavy atom. The van der Waals surface area contributed by atoms with Crippen molar-refractivity contribution in [1.29, 1.82) is 0 Å². The fraction of sp³-hybridized carbons (Fsp3) is 0.389. The average Bonchev–Trinajstić information content (AvgIpc) is 2.54. The van der Waals surface area contributed by atoms with E-state index in [-0.39, 0.29) is 6.03 Å². The van der Waals surface area contributed by atoms with Crippen LogP contribution in [0.25, 0.3) is 10.8 Å². The second-order valence-electron chi connectivity index (χ2n) is 5.20. The Hall–Kier alpha value is -1.68. The van der Waals surface area contributed by atoms with Crippen molar-refractivity contribution in [3.05, 3.63) is 42.5 Å². The summed E-state index contributed by atoms with van der Waals surface area (Å²) in [5.41, 5.74) is 0. The summed E-state index contributed by atoms with van der Waals surface area (Å²) in [6.07, 6.45) is 3.36. The van der Waals surface area contributed by atoms with E-state index in [0.29, 0.717) is 6.54 Å². The largest absolute Gasteiger partial charge is 0.338 e. The van der Waals surface area contributed by atoms with Crippen molar-refractivity contribution in [3.63, 3.8) is 0 Å². The summed E-state index contributed by atoms with van der Waals surface area (Å²) in [6, 6.07) is 15.0. The van der Waals surface area contributed by atoms with Gasteiger partial charge in [-0.15, -0.1) is 11.8 Å². The molecule has 0 aliphatic carbocycles. The maximum atomic E-state index is 11.2. The van der Waals surface area contributed by atoms with Gasteiger partial charge in [-0.25, -0.2) is 4.79 Å². The molecule has 2 aromatic rings. The zero-order chi connectivity index (χ0) is 15.6. The second kappa shape index (κ2) is 9.36. The minimum atomic E-state index is -0.0620. The number of urea groups is 1. The highest BCUT2D eigenvalue weighted by molar-refractivity contribution is 7.99. The first-order valence-corrected chi connectivity index (χ1v) is 8.91. The average molecular weight is 316 g/mol. The van der Waals surface area contributed by atoms with Crippen LogP contribution in [0, 0.1) is 0 Å². The van der Waals surface area contributed by atoms with Crippen molar-refractivity contribution in [3.8, 4) is 0 Å². The van der Waals surface area contributed by atoms with E-state index in [1.54, 1.807) is 0 Å². The van der Waals surface area contributed by atoms with E-state index in [0.717, 1.165) is 25.1 Å². The number of benzene rings is 2. The third-order valence-corrected chi connectivity index (χ3v) is 4.51. The molecule has 0 heterocycles. The number of unbranched alkanes of at least 4 members (excludes halogenated alkanes) is 2. The normalized spacial score (nSPS) is 10.6. The molecule has 2 aromatic carbocycles. The smallest absolute Gasteiger partial charge is 0.314 e. The monoisotopic (exact) mass is 316 g/mol. The molecule has 0 fully saturated rings. The van der Waals surface area contributed by atoms with Crippen LogP contribution in [-0.4, -0.2) is 24.9 Å². The fourth-order valence-corrected chi connectivity index (χ4v) is 3.23. The van der Waals surface area contributed by atoms with Crippen LogP contribution in [0.1, 0.15) is 26.2 Å². The first-order valence-electron chi connectivity index (χ1n) is 7.93. The van der Waals surface area contributed by atoms with Crippen LogP contribution in [0.15, 0.2) is 47.4 Å². The molecule has 0 unspecified atom stereocenters. The lowest BCUT2D eigenvalue weighted by atomic mass is 10.1. The molecule has 4 heteroatoms. The summed E-state index contributed by atoms with van der Waals surface area (Å²) in [5.74, 6) is 1.12. The minimum Gasteiger partial charge on any atom is -0.338 e. The number of amides is 2. The number of fused-ring (bicyclic) bond motifs is 1. The molecule has 0 bridgehead atoms. The third kappa shape index (κ3) is 5.60. The summed E-state index contributed by atoms with van der Waals surface area (Å²) in [7, 11) is 0. The Kier molecular flexibility index (Phi) is 7.10. The van der Waals surface area contributed by atoms with Crippen LogP contribution in [0.3, 0.4) is 0 Å². The molecular formula is C18H24N2OS. The Balaban J connectivity index is 1.61. The van der Waals surface area contributed by atoms with Crippen molar-refractivity contribution in [2.24, 2.45) is 0 Å². The lowest BCUT2D eigenvalue weighted by molar-refractivity contribution is 0.241. The topological polar surface area (TPSA) is 41.1 Å². The lowest BCUT2D eigenvalue weighted by Crippen LogP contribution is -2.35. The summed E-state index contributed by atoms with van der Waals surface area (Å²) >= 11 is 1.91. The highest BCUT2D eigenvalue weighted by atomic mass is 32.2. The number of hydrogen-bond donors (Lipinski definition) is 2. The number of rotatable bonds is 8. The predicted octanol–water partition coefficient (Wildman–Crippen LogP) is 4.42. The Morgan fingerprint density at radius 1 is 1.00 bits per heavy atom. The quantitative estimate of drug-likeness (QED) is 0.559. The van der Waals surface area contributed by atoms with Crippen LogP contribution >= 0.6 is 11.8 Å². The molecule has 0 radical (unpaired) electrons. The Labute approximate surface area is 136 Å². The molecule has 22 heavy (non-hydrogen) atoms. The van der Waals surface area contributed by atoms with Crippen molar-refractivity contribution in [2.75, 3.05) is 18.8 Å². The summed E-state index contributed by atoms with van der Waals surface area (Å²) < 4.78 is 0. The molecule has 0 aromatic heterocycles. The zero-order valence-corrected chi connectivity index (χ0v) is 13.9. The first kappa shape index (κ1) is 16.7. The molecule has 0 aliphatic heterocycles.